The van der Waals surface area contributed by atoms with E-state index in [-0.39, 0.29) is 17.1 Å². The second-order valence-corrected chi connectivity index (χ2v) is 5.52. The predicted molar refractivity (Wildman–Crippen MR) is 93.5 cm³/mol. The van der Waals surface area contributed by atoms with Crippen molar-refractivity contribution in [2.24, 2.45) is 0 Å². The Bertz CT molecular complexity index is 288. The molecule has 2 fully saturated rings. The zero-order chi connectivity index (χ0) is 15.1. The summed E-state index contributed by atoms with van der Waals surface area (Å²) in [4.78, 5) is 5.66. The van der Waals surface area contributed by atoms with Gasteiger partial charge in [-0.3, -0.25) is 0 Å². The zero-order valence-electron chi connectivity index (χ0n) is 12.7. The maximum atomic E-state index is 5.12. The molecule has 2 saturated carbocycles. The smallest absolute Gasteiger partial charge is 0.0853 e. The largest absolute Gasteiger partial charge is 0.372 e. The Morgan fingerprint density at radius 3 is 1.10 bits per heavy atom. The second kappa shape index (κ2) is 10.9. The van der Waals surface area contributed by atoms with E-state index >= 15 is 0 Å². The van der Waals surface area contributed by atoms with Crippen LogP contribution in [0.5, 0.6) is 0 Å². The molecule has 0 aromatic carbocycles. The average Bonchev–Trinajstić information content (AvgIpc) is 3.10. The Kier molecular flexibility index (Phi) is 11.1. The summed E-state index contributed by atoms with van der Waals surface area (Å²) in [5.74, 6) is 2.25. The van der Waals surface area contributed by atoms with E-state index < -0.39 is 0 Å². The van der Waals surface area contributed by atoms with Gasteiger partial charge in [-0.05, 0) is 51.4 Å². The van der Waals surface area contributed by atoms with Crippen LogP contribution in [0.15, 0.2) is 0 Å². The maximum Gasteiger partial charge on any atom is 0.0853 e. The number of thiocarbonyl (C=S) groups is 2. The summed E-state index contributed by atoms with van der Waals surface area (Å²) >= 11 is 10.2. The molecule has 0 aliphatic heterocycles. The van der Waals surface area contributed by atoms with Crippen LogP contribution in [-0.2, 0) is 17.1 Å². The van der Waals surface area contributed by atoms with Gasteiger partial charge in [0.1, 0.15) is 0 Å². The monoisotopic (exact) mass is 360 g/mol. The van der Waals surface area contributed by atoms with E-state index in [1.807, 2.05) is 89.4 Å². The fraction of sp³-hybridized carbons (Fsp3) is 0.250. The molecule has 0 heterocycles. The third-order valence-electron chi connectivity index (χ3n) is 2.63. The molecule has 0 saturated heterocycles. The van der Waals surface area contributed by atoms with Crippen molar-refractivity contribution in [3.63, 3.8) is 0 Å². The molecule has 0 bridgehead atoms. The third-order valence-corrected chi connectivity index (χ3v) is 3.83. The summed E-state index contributed by atoms with van der Waals surface area (Å²) in [7, 11) is 7.81. The van der Waals surface area contributed by atoms with E-state index in [1.54, 1.807) is 0 Å². The first-order chi connectivity index (χ1) is 9.43. The van der Waals surface area contributed by atoms with Gasteiger partial charge in [-0.25, -0.2) is 0 Å². The molecule has 2 aliphatic carbocycles. The minimum atomic E-state index is 0. The van der Waals surface area contributed by atoms with Crippen molar-refractivity contribution in [2.45, 2.75) is 0 Å². The van der Waals surface area contributed by atoms with E-state index in [0.29, 0.717) is 0 Å². The van der Waals surface area contributed by atoms with Crippen molar-refractivity contribution in [3.05, 3.63) is 63.2 Å². The van der Waals surface area contributed by atoms with E-state index in [4.69, 9.17) is 24.4 Å². The normalized spacial score (nSPS) is 18.5. The van der Waals surface area contributed by atoms with Crippen LogP contribution in [0.25, 0.3) is 0 Å². The summed E-state index contributed by atoms with van der Waals surface area (Å²) in [6.45, 7) is 0. The number of rotatable bonds is 2. The van der Waals surface area contributed by atoms with Crippen molar-refractivity contribution in [1.82, 2.24) is 9.80 Å². The van der Waals surface area contributed by atoms with Gasteiger partial charge in [0.05, 0.1) is 9.98 Å². The Morgan fingerprint density at radius 1 is 0.667 bits per heavy atom. The molecule has 0 amide bonds. The van der Waals surface area contributed by atoms with Gasteiger partial charge >= 0.3 is 0 Å². The first-order valence-corrected chi connectivity index (χ1v) is 7.12. The molecule has 2 aliphatic rings. The van der Waals surface area contributed by atoms with E-state index in [1.165, 1.54) is 0 Å². The molecule has 0 N–H and O–H groups in total. The SMILES string of the molecule is CN(C)C(=S)[C]1[CH][CH][CH][CH]1.CN(C)C(=S)[C]1[CH][CH][CH][CH]1.[Fe]. The van der Waals surface area contributed by atoms with Crippen molar-refractivity contribution in [1.29, 1.82) is 0 Å². The standard InChI is InChI=1S/2C8H10NS.Fe/c2*1-9(2)8(10)7-5-3-4-6-7;/h2*3-6H,1-2H3;. The Hall–Kier alpha value is 0.299. The van der Waals surface area contributed by atoms with Crippen LogP contribution < -0.4 is 0 Å². The molecule has 0 atom stereocenters. The molecule has 0 aromatic heterocycles. The van der Waals surface area contributed by atoms with E-state index in [0.717, 1.165) is 21.8 Å². The topological polar surface area (TPSA) is 6.48 Å². The molecule has 0 spiro atoms. The number of nitrogens with zero attached hydrogens (tertiary/aromatic N) is 2. The first kappa shape index (κ1) is 21.3. The van der Waals surface area contributed by atoms with E-state index in [2.05, 4.69) is 0 Å². The summed E-state index contributed by atoms with van der Waals surface area (Å²) in [6.07, 6.45) is 16.0. The first-order valence-electron chi connectivity index (χ1n) is 6.30. The van der Waals surface area contributed by atoms with Gasteiger partial charge in [0, 0.05) is 57.1 Å². The van der Waals surface area contributed by atoms with Crippen molar-refractivity contribution in [3.8, 4) is 0 Å². The molecule has 2 nitrogen and oxygen atoms in total. The molecule has 114 valence electrons. The fourth-order valence-electron chi connectivity index (χ4n) is 1.55. The van der Waals surface area contributed by atoms with Gasteiger partial charge in [0.25, 0.3) is 0 Å². The molecular formula is C16H20FeN2S2. The van der Waals surface area contributed by atoms with Gasteiger partial charge in [0.2, 0.25) is 0 Å². The Balaban J connectivity index is 0.000000364. The van der Waals surface area contributed by atoms with Crippen LogP contribution in [0.3, 0.4) is 0 Å². The summed E-state index contributed by atoms with van der Waals surface area (Å²) in [5.41, 5.74) is 0. The maximum absolute atomic E-state index is 5.12. The second-order valence-electron chi connectivity index (χ2n) is 4.75. The van der Waals surface area contributed by atoms with Gasteiger partial charge < -0.3 is 9.80 Å². The number of hydrogen-bond donors (Lipinski definition) is 0. The molecule has 10 radical (unpaired) electrons. The molecule has 5 heteroatoms. The van der Waals surface area contributed by atoms with Crippen molar-refractivity contribution in [2.75, 3.05) is 28.2 Å². The van der Waals surface area contributed by atoms with Crippen LogP contribution in [0.4, 0.5) is 0 Å². The summed E-state index contributed by atoms with van der Waals surface area (Å²) in [5, 5.41) is 0. The quantitative estimate of drug-likeness (QED) is 0.551. The molecular weight excluding hydrogens is 340 g/mol. The van der Waals surface area contributed by atoms with Crippen molar-refractivity contribution >= 4 is 34.4 Å². The van der Waals surface area contributed by atoms with Gasteiger partial charge in [-0.15, -0.1) is 0 Å². The Morgan fingerprint density at radius 2 is 0.905 bits per heavy atom. The van der Waals surface area contributed by atoms with Gasteiger partial charge in [-0.1, -0.05) is 24.4 Å². The zero-order valence-corrected chi connectivity index (χ0v) is 15.4. The Labute approximate surface area is 152 Å². The third kappa shape index (κ3) is 7.40. The van der Waals surface area contributed by atoms with Crippen LogP contribution in [0.1, 0.15) is 0 Å². The van der Waals surface area contributed by atoms with E-state index in [9.17, 15) is 0 Å². The van der Waals surface area contributed by atoms with Crippen LogP contribution in [-0.4, -0.2) is 48.0 Å². The summed E-state index contributed by atoms with van der Waals surface area (Å²) in [6, 6.07) is 0. The van der Waals surface area contributed by atoms with Crippen LogP contribution >= 0.6 is 24.4 Å². The van der Waals surface area contributed by atoms with Gasteiger partial charge in [0.15, 0.2) is 0 Å². The fourth-order valence-corrected chi connectivity index (χ4v) is 1.82. The van der Waals surface area contributed by atoms with Gasteiger partial charge in [-0.2, -0.15) is 0 Å². The summed E-state index contributed by atoms with van der Waals surface area (Å²) < 4.78 is 0. The molecule has 21 heavy (non-hydrogen) atoms. The van der Waals surface area contributed by atoms with Crippen molar-refractivity contribution < 1.29 is 17.1 Å². The van der Waals surface area contributed by atoms with Crippen LogP contribution in [0, 0.1) is 63.2 Å². The molecule has 0 unspecified atom stereocenters. The minimum absolute atomic E-state index is 0. The average molecular weight is 360 g/mol. The predicted octanol–water partition coefficient (Wildman–Crippen LogP) is 2.56. The number of hydrogen-bond acceptors (Lipinski definition) is 2. The molecule has 2 rings (SSSR count). The van der Waals surface area contributed by atoms with Crippen LogP contribution in [0.2, 0.25) is 0 Å². The molecule has 0 aromatic rings. The minimum Gasteiger partial charge on any atom is -0.372 e.